The fourth-order valence-corrected chi connectivity index (χ4v) is 14.6. The van der Waals surface area contributed by atoms with E-state index in [1.807, 2.05) is 125 Å². The second-order valence-electron chi connectivity index (χ2n) is 31.6. The Bertz CT molecular complexity index is 5450. The van der Waals surface area contributed by atoms with Crippen molar-refractivity contribution in [3.63, 3.8) is 0 Å². The number of aryl methyl sites for hydroxylation is 2. The summed E-state index contributed by atoms with van der Waals surface area (Å²) in [6.07, 6.45) is 17.9. The van der Waals surface area contributed by atoms with E-state index < -0.39 is 16.8 Å². The van der Waals surface area contributed by atoms with E-state index in [9.17, 15) is 14.4 Å². The summed E-state index contributed by atoms with van der Waals surface area (Å²) in [5.74, 6) is 3.75. The zero-order valence-electron chi connectivity index (χ0n) is 66.2. The number of fused-ring (bicyclic) bond motifs is 7. The molecule has 0 unspecified atom stereocenters. The van der Waals surface area contributed by atoms with E-state index in [4.69, 9.17) is 68.9 Å². The number of hydrogen-bond acceptors (Lipinski definition) is 20. The third-order valence-corrected chi connectivity index (χ3v) is 20.0. The van der Waals surface area contributed by atoms with Gasteiger partial charge in [-0.2, -0.15) is 0 Å². The van der Waals surface area contributed by atoms with Crippen LogP contribution >= 0.6 is 34.8 Å². The van der Waals surface area contributed by atoms with Crippen molar-refractivity contribution in [2.45, 2.75) is 164 Å². The summed E-state index contributed by atoms with van der Waals surface area (Å²) in [6, 6.07) is 29.1. The van der Waals surface area contributed by atoms with Gasteiger partial charge in [-0.3, -0.25) is 9.97 Å². The number of para-hydroxylation sites is 3. The predicted molar refractivity (Wildman–Crippen MR) is 447 cm³/mol. The van der Waals surface area contributed by atoms with E-state index in [1.54, 1.807) is 20.9 Å². The quantitative estimate of drug-likeness (QED) is 0.0302. The van der Waals surface area contributed by atoms with Gasteiger partial charge in [-0.05, 0) is 177 Å². The monoisotopic (exact) mass is 1600 g/mol. The molecule has 4 aliphatic rings. The highest BCUT2D eigenvalue weighted by atomic mass is 35.5. The van der Waals surface area contributed by atoms with Crippen LogP contribution in [0.1, 0.15) is 135 Å². The Balaban J connectivity index is 0.000000135. The van der Waals surface area contributed by atoms with Crippen molar-refractivity contribution in [2.75, 3.05) is 61.8 Å². The lowest BCUT2D eigenvalue weighted by Gasteiger charge is -2.31. The number of hydrogen-bond donors (Lipinski definition) is 7. The van der Waals surface area contributed by atoms with E-state index in [2.05, 4.69) is 139 Å². The number of benzene rings is 3. The first-order chi connectivity index (χ1) is 54.6. The molecular formula is C85H97Cl3N20O6. The summed E-state index contributed by atoms with van der Waals surface area (Å²) in [6.45, 7) is 27.5. The second kappa shape index (κ2) is 35.5. The number of ether oxygens (including phenoxy) is 3. The van der Waals surface area contributed by atoms with Gasteiger partial charge in [0.25, 0.3) is 0 Å². The maximum atomic E-state index is 12.8. The Morgan fingerprint density at radius 3 is 1.21 bits per heavy atom. The molecule has 29 heteroatoms. The van der Waals surface area contributed by atoms with Crippen molar-refractivity contribution >= 4 is 103 Å². The number of pyridine rings is 2. The standard InChI is InChI=1S/C28H32N6O2.C23H24N6.C22H26ClN5O2.C12H15Cl2N3O2/c1-18-13-20(15-29-14-18)25-32-24-10-12-34(27(35)36-28(2,3)4)17-22(24)26(33-25)30-11-9-19-16-31-23-8-6-5-7-21(19)23;1-15-10-17(12-25-11-15)22-28-21-7-8-24-14-19(21)23(29-22)26-9-6-16-13-27-20-5-3-2-4-18(16)20;1-22(2,3)30-21(29)28-11-9-18-16(13-28)19(27-20(23)26-18)24-10-8-14-12-25-17-7-5-4-6-15(14)17;1-12(2,3)19-11(18)17-5-4-8-7(6-17)9(13)16-10(14)15-8/h5-8,13-16,31H,9-12,17H2,1-4H3,(H,30,32,33);2-5,10-13,24,27H,6-9,14H2,1H3,(H,26,28,29);4-7,12,25H,8-11,13H2,1-3H3,(H,24,26,27);4-6H2,1-3H3. The Morgan fingerprint density at radius 2 is 0.798 bits per heavy atom. The largest absolute Gasteiger partial charge is 0.444 e. The van der Waals surface area contributed by atoms with E-state index in [-0.39, 0.29) is 28.8 Å². The first-order valence-corrected chi connectivity index (χ1v) is 39.6. The van der Waals surface area contributed by atoms with Gasteiger partial charge in [-0.25, -0.2) is 54.3 Å². The van der Waals surface area contributed by atoms with Gasteiger partial charge in [0.15, 0.2) is 11.6 Å². The van der Waals surface area contributed by atoms with Crippen LogP contribution in [0.5, 0.6) is 0 Å². The van der Waals surface area contributed by atoms with Crippen LogP contribution in [-0.4, -0.2) is 160 Å². The van der Waals surface area contributed by atoms with Crippen molar-refractivity contribution in [1.29, 1.82) is 0 Å². The van der Waals surface area contributed by atoms with Crippen LogP contribution < -0.4 is 21.3 Å². The molecule has 0 saturated heterocycles. The smallest absolute Gasteiger partial charge is 0.410 e. The molecule has 0 radical (unpaired) electrons. The summed E-state index contributed by atoms with van der Waals surface area (Å²) in [7, 11) is 0. The van der Waals surface area contributed by atoms with Gasteiger partial charge in [0, 0.05) is 188 Å². The highest BCUT2D eigenvalue weighted by Crippen LogP contribution is 2.33. The van der Waals surface area contributed by atoms with Crippen molar-refractivity contribution in [3.8, 4) is 22.8 Å². The van der Waals surface area contributed by atoms with E-state index in [1.165, 1.54) is 43.9 Å². The first-order valence-electron chi connectivity index (χ1n) is 38.5. The number of aromatic amines is 3. The van der Waals surface area contributed by atoms with Gasteiger partial charge in [0.05, 0.1) is 42.4 Å². The molecule has 9 aromatic heterocycles. The number of nitrogens with zero attached hydrogens (tertiary/aromatic N) is 13. The van der Waals surface area contributed by atoms with E-state index in [0.29, 0.717) is 88.4 Å². The molecule has 0 bridgehead atoms. The van der Waals surface area contributed by atoms with Crippen LogP contribution in [0.3, 0.4) is 0 Å². The normalized spacial score (nSPS) is 13.9. The van der Waals surface area contributed by atoms with Crippen molar-refractivity contribution < 1.29 is 28.6 Å². The predicted octanol–water partition coefficient (Wildman–Crippen LogP) is 16.5. The molecule has 0 spiro atoms. The molecule has 3 aromatic carbocycles. The summed E-state index contributed by atoms with van der Waals surface area (Å²) in [4.78, 5) is 97.2. The Hall–Kier alpha value is -11.1. The molecule has 594 valence electrons. The molecule has 0 fully saturated rings. The number of carbonyl (C=O) groups excluding carboxylic acids is 3. The summed E-state index contributed by atoms with van der Waals surface area (Å²) in [5, 5.41) is 18.3. The molecule has 0 aliphatic carbocycles. The van der Waals surface area contributed by atoms with Gasteiger partial charge in [-0.15, -0.1) is 0 Å². The van der Waals surface area contributed by atoms with Crippen LogP contribution in [0, 0.1) is 13.8 Å². The lowest BCUT2D eigenvalue weighted by molar-refractivity contribution is 0.0212. The topological polar surface area (TPSA) is 313 Å². The number of rotatable bonds is 14. The molecule has 26 nitrogen and oxygen atoms in total. The maximum absolute atomic E-state index is 12.8. The molecule has 4 aliphatic heterocycles. The third kappa shape index (κ3) is 20.8. The Labute approximate surface area is 678 Å². The average Bonchev–Trinajstić information content (AvgIpc) is 1.24. The SMILES string of the molecule is CC(C)(C)OC(=O)N1CCc2nc(Cl)nc(Cl)c2C1.CC(C)(C)OC(=O)N1CCc2nc(Cl)nc(NCCc3c[nH]c4ccccc34)c2C1.Cc1cncc(-c2nc3c(c(NCCc4c[nH]c5ccccc45)n2)CN(C(=O)OC(C)(C)C)CC3)c1.Cc1cncc(-c2nc3c(c(NCCc4c[nH]c5ccccc45)n2)CNCC3)c1. The zero-order chi connectivity index (χ0) is 80.4. The zero-order valence-corrected chi connectivity index (χ0v) is 68.5. The number of nitrogens with one attached hydrogen (secondary N) is 7. The molecule has 3 amide bonds. The van der Waals surface area contributed by atoms with Crippen LogP contribution in [0.4, 0.5) is 31.8 Å². The Kier molecular flexibility index (Phi) is 25.2. The van der Waals surface area contributed by atoms with Crippen molar-refractivity contribution in [2.24, 2.45) is 0 Å². The molecule has 114 heavy (non-hydrogen) atoms. The number of carbonyl (C=O) groups is 3. The highest BCUT2D eigenvalue weighted by Gasteiger charge is 2.33. The lowest BCUT2D eigenvalue weighted by Crippen LogP contribution is -2.40. The lowest BCUT2D eigenvalue weighted by atomic mass is 10.1. The number of aromatic nitrogens is 13. The molecule has 0 saturated carbocycles. The van der Waals surface area contributed by atoms with Crippen molar-refractivity contribution in [1.82, 2.24) is 84.8 Å². The van der Waals surface area contributed by atoms with Gasteiger partial charge in [0.2, 0.25) is 10.6 Å². The average molecular weight is 1600 g/mol. The summed E-state index contributed by atoms with van der Waals surface area (Å²) < 4.78 is 16.5. The summed E-state index contributed by atoms with van der Waals surface area (Å²) >= 11 is 17.9. The minimum Gasteiger partial charge on any atom is -0.444 e. The third-order valence-electron chi connectivity index (χ3n) is 19.3. The van der Waals surface area contributed by atoms with Crippen LogP contribution in [0.2, 0.25) is 15.7 Å². The van der Waals surface area contributed by atoms with Crippen molar-refractivity contribution in [3.05, 3.63) is 217 Å². The fraction of sp³-hybridized carbons (Fsp3) is 0.376. The fourth-order valence-electron chi connectivity index (χ4n) is 13.9. The minimum atomic E-state index is -0.545. The maximum Gasteiger partial charge on any atom is 0.410 e. The summed E-state index contributed by atoms with van der Waals surface area (Å²) in [5.41, 5.74) is 17.2. The van der Waals surface area contributed by atoms with Crippen LogP contribution in [-0.2, 0) is 85.3 Å². The number of amides is 3. The molecule has 13 heterocycles. The van der Waals surface area contributed by atoms with E-state index >= 15 is 0 Å². The number of H-pyrrole nitrogens is 3. The number of halogens is 3. The van der Waals surface area contributed by atoms with Gasteiger partial charge in [0.1, 0.15) is 39.4 Å². The highest BCUT2D eigenvalue weighted by molar-refractivity contribution is 6.32. The van der Waals surface area contributed by atoms with Crippen LogP contribution in [0.15, 0.2) is 128 Å². The number of anilines is 3. The molecule has 0 atom stereocenters. The van der Waals surface area contributed by atoms with Gasteiger partial charge < -0.3 is 65.1 Å². The minimum absolute atomic E-state index is 0.134. The molecular weight excluding hydrogens is 1500 g/mol. The van der Waals surface area contributed by atoms with Gasteiger partial charge in [-0.1, -0.05) is 66.2 Å². The molecule has 7 N–H and O–H groups in total. The van der Waals surface area contributed by atoms with Gasteiger partial charge >= 0.3 is 18.3 Å². The van der Waals surface area contributed by atoms with E-state index in [0.717, 1.165) is 136 Å². The van der Waals surface area contributed by atoms with Crippen LogP contribution in [0.25, 0.3) is 55.5 Å². The Morgan fingerprint density at radius 1 is 0.439 bits per heavy atom. The second-order valence-corrected chi connectivity index (χ2v) is 32.6. The molecule has 12 aromatic rings. The molecule has 16 rings (SSSR count). The first kappa shape index (κ1) is 81.0.